The van der Waals surface area contributed by atoms with E-state index in [4.69, 9.17) is 9.84 Å². The maximum absolute atomic E-state index is 9.05. The Morgan fingerprint density at radius 2 is 2.08 bits per heavy atom. The van der Waals surface area contributed by atoms with E-state index in [9.17, 15) is 0 Å². The first-order valence-electron chi connectivity index (χ1n) is 4.23. The standard InChI is InChI=1S/C11H14O2/c1-9(12)7-8-10-5-3-4-6-11(10)13-2/h3-9,12H,1-2H3. The Kier molecular flexibility index (Phi) is 3.53. The van der Waals surface area contributed by atoms with E-state index < -0.39 is 6.10 Å². The smallest absolute Gasteiger partial charge is 0.126 e. The summed E-state index contributed by atoms with van der Waals surface area (Å²) in [6.07, 6.45) is 3.14. The van der Waals surface area contributed by atoms with Gasteiger partial charge in [0.25, 0.3) is 0 Å². The molecule has 2 nitrogen and oxygen atoms in total. The first-order chi connectivity index (χ1) is 6.24. The van der Waals surface area contributed by atoms with Gasteiger partial charge in [-0.2, -0.15) is 0 Å². The summed E-state index contributed by atoms with van der Waals surface area (Å²) in [7, 11) is 1.63. The molecule has 0 aliphatic heterocycles. The summed E-state index contributed by atoms with van der Waals surface area (Å²) >= 11 is 0. The summed E-state index contributed by atoms with van der Waals surface area (Å²) in [5.41, 5.74) is 0.978. The molecule has 1 aromatic carbocycles. The third-order valence-corrected chi connectivity index (χ3v) is 1.69. The van der Waals surface area contributed by atoms with Crippen molar-refractivity contribution in [1.82, 2.24) is 0 Å². The van der Waals surface area contributed by atoms with Gasteiger partial charge in [-0.25, -0.2) is 0 Å². The third kappa shape index (κ3) is 2.92. The van der Waals surface area contributed by atoms with E-state index in [0.717, 1.165) is 11.3 Å². The topological polar surface area (TPSA) is 29.5 Å². The number of aliphatic hydroxyl groups excluding tert-OH is 1. The first-order valence-corrected chi connectivity index (χ1v) is 4.23. The normalized spacial score (nSPS) is 13.2. The van der Waals surface area contributed by atoms with Crippen molar-refractivity contribution in [1.29, 1.82) is 0 Å². The zero-order valence-corrected chi connectivity index (χ0v) is 7.90. The van der Waals surface area contributed by atoms with Gasteiger partial charge in [-0.05, 0) is 13.0 Å². The van der Waals surface area contributed by atoms with Crippen molar-refractivity contribution >= 4 is 6.08 Å². The zero-order valence-electron chi connectivity index (χ0n) is 7.90. The molecule has 0 amide bonds. The molecule has 0 aliphatic rings. The number of rotatable bonds is 3. The van der Waals surface area contributed by atoms with Crippen molar-refractivity contribution < 1.29 is 9.84 Å². The van der Waals surface area contributed by atoms with Crippen LogP contribution in [0.25, 0.3) is 6.08 Å². The van der Waals surface area contributed by atoms with Crippen molar-refractivity contribution in [2.75, 3.05) is 7.11 Å². The molecular formula is C11H14O2. The van der Waals surface area contributed by atoms with Crippen LogP contribution in [-0.2, 0) is 0 Å². The van der Waals surface area contributed by atoms with Gasteiger partial charge < -0.3 is 9.84 Å². The fourth-order valence-corrected chi connectivity index (χ4v) is 1.05. The van der Waals surface area contributed by atoms with E-state index in [1.807, 2.05) is 30.3 Å². The molecule has 0 saturated carbocycles. The number of hydrogen-bond donors (Lipinski definition) is 1. The number of methoxy groups -OCH3 is 1. The van der Waals surface area contributed by atoms with Gasteiger partial charge in [0, 0.05) is 5.56 Å². The minimum atomic E-state index is -0.426. The van der Waals surface area contributed by atoms with Gasteiger partial charge in [0.05, 0.1) is 13.2 Å². The maximum atomic E-state index is 9.05. The molecule has 0 saturated heterocycles. The van der Waals surface area contributed by atoms with Crippen molar-refractivity contribution in [3.05, 3.63) is 35.9 Å². The number of para-hydroxylation sites is 1. The predicted octanol–water partition coefficient (Wildman–Crippen LogP) is 2.09. The average molecular weight is 178 g/mol. The number of ether oxygens (including phenoxy) is 1. The van der Waals surface area contributed by atoms with Gasteiger partial charge in [0.15, 0.2) is 0 Å². The van der Waals surface area contributed by atoms with Crippen LogP contribution in [0.5, 0.6) is 5.75 Å². The third-order valence-electron chi connectivity index (χ3n) is 1.69. The molecule has 0 aromatic heterocycles. The molecule has 0 radical (unpaired) electrons. The Morgan fingerprint density at radius 3 is 2.69 bits per heavy atom. The molecule has 0 spiro atoms. The molecule has 0 bridgehead atoms. The summed E-state index contributed by atoms with van der Waals surface area (Å²) in [4.78, 5) is 0. The lowest BCUT2D eigenvalue weighted by molar-refractivity contribution is 0.245. The SMILES string of the molecule is COc1ccccc1C=CC(C)O. The van der Waals surface area contributed by atoms with Crippen LogP contribution >= 0.6 is 0 Å². The van der Waals surface area contributed by atoms with Crippen LogP contribution in [0, 0.1) is 0 Å². The Morgan fingerprint density at radius 1 is 1.38 bits per heavy atom. The van der Waals surface area contributed by atoms with Crippen LogP contribution in [0.15, 0.2) is 30.3 Å². The quantitative estimate of drug-likeness (QED) is 0.768. The van der Waals surface area contributed by atoms with E-state index in [1.165, 1.54) is 0 Å². The minimum absolute atomic E-state index is 0.426. The average Bonchev–Trinajstić information content (AvgIpc) is 2.15. The lowest BCUT2D eigenvalue weighted by Crippen LogP contribution is -1.92. The molecule has 0 fully saturated rings. The number of aliphatic hydroxyl groups is 1. The van der Waals surface area contributed by atoms with Gasteiger partial charge in [-0.1, -0.05) is 30.4 Å². The molecule has 1 rings (SSSR count). The first kappa shape index (κ1) is 9.81. The van der Waals surface area contributed by atoms with Crippen LogP contribution in [0.1, 0.15) is 12.5 Å². The second-order valence-electron chi connectivity index (χ2n) is 2.84. The summed E-state index contributed by atoms with van der Waals surface area (Å²) < 4.78 is 5.14. The highest BCUT2D eigenvalue weighted by molar-refractivity contribution is 5.57. The van der Waals surface area contributed by atoms with Crippen molar-refractivity contribution in [3.63, 3.8) is 0 Å². The summed E-state index contributed by atoms with van der Waals surface area (Å²) in [6.45, 7) is 1.71. The fraction of sp³-hybridized carbons (Fsp3) is 0.273. The van der Waals surface area contributed by atoms with Crippen molar-refractivity contribution in [2.45, 2.75) is 13.0 Å². The summed E-state index contributed by atoms with van der Waals surface area (Å²) in [5, 5.41) is 9.05. The van der Waals surface area contributed by atoms with Crippen LogP contribution < -0.4 is 4.74 Å². The number of hydrogen-bond acceptors (Lipinski definition) is 2. The largest absolute Gasteiger partial charge is 0.496 e. The highest BCUT2D eigenvalue weighted by Crippen LogP contribution is 2.18. The van der Waals surface area contributed by atoms with Crippen LogP contribution in [-0.4, -0.2) is 18.3 Å². The van der Waals surface area contributed by atoms with Gasteiger partial charge in [-0.15, -0.1) is 0 Å². The van der Waals surface area contributed by atoms with Crippen LogP contribution in [0.2, 0.25) is 0 Å². The molecule has 0 heterocycles. The molecule has 1 unspecified atom stereocenters. The fourth-order valence-electron chi connectivity index (χ4n) is 1.05. The molecule has 2 heteroatoms. The molecule has 70 valence electrons. The highest BCUT2D eigenvalue weighted by atomic mass is 16.5. The summed E-state index contributed by atoms with van der Waals surface area (Å²) in [5.74, 6) is 0.819. The lowest BCUT2D eigenvalue weighted by Gasteiger charge is -2.03. The van der Waals surface area contributed by atoms with Gasteiger partial charge >= 0.3 is 0 Å². The molecule has 13 heavy (non-hydrogen) atoms. The number of benzene rings is 1. The van der Waals surface area contributed by atoms with Gasteiger partial charge in [0.2, 0.25) is 0 Å². The molecule has 1 atom stereocenters. The van der Waals surface area contributed by atoms with E-state index in [0.29, 0.717) is 0 Å². The Bertz CT molecular complexity index is 290. The van der Waals surface area contributed by atoms with E-state index in [2.05, 4.69) is 0 Å². The van der Waals surface area contributed by atoms with Crippen LogP contribution in [0.3, 0.4) is 0 Å². The zero-order chi connectivity index (χ0) is 9.68. The second-order valence-corrected chi connectivity index (χ2v) is 2.84. The molecule has 1 N–H and O–H groups in total. The second kappa shape index (κ2) is 4.67. The Hall–Kier alpha value is -1.28. The lowest BCUT2D eigenvalue weighted by atomic mass is 10.1. The van der Waals surface area contributed by atoms with Crippen molar-refractivity contribution in [2.24, 2.45) is 0 Å². The highest BCUT2D eigenvalue weighted by Gasteiger charge is 1.96. The Balaban J connectivity index is 2.87. The van der Waals surface area contributed by atoms with E-state index >= 15 is 0 Å². The molecule has 0 aliphatic carbocycles. The van der Waals surface area contributed by atoms with E-state index in [-0.39, 0.29) is 0 Å². The van der Waals surface area contributed by atoms with Gasteiger partial charge in [0.1, 0.15) is 5.75 Å². The van der Waals surface area contributed by atoms with Gasteiger partial charge in [-0.3, -0.25) is 0 Å². The summed E-state index contributed by atoms with van der Waals surface area (Å²) in [6, 6.07) is 7.68. The Labute approximate surface area is 78.5 Å². The molecular weight excluding hydrogens is 164 g/mol. The monoisotopic (exact) mass is 178 g/mol. The van der Waals surface area contributed by atoms with Crippen molar-refractivity contribution in [3.8, 4) is 5.75 Å². The van der Waals surface area contributed by atoms with Crippen LogP contribution in [0.4, 0.5) is 0 Å². The van der Waals surface area contributed by atoms with E-state index in [1.54, 1.807) is 20.1 Å². The molecule has 1 aromatic rings. The maximum Gasteiger partial charge on any atom is 0.126 e. The predicted molar refractivity (Wildman–Crippen MR) is 53.7 cm³/mol. The minimum Gasteiger partial charge on any atom is -0.496 e.